The van der Waals surface area contributed by atoms with Gasteiger partial charge in [-0.15, -0.1) is 0 Å². The first-order valence-corrected chi connectivity index (χ1v) is 8.85. The highest BCUT2D eigenvalue weighted by molar-refractivity contribution is 6.00. The number of ether oxygens (including phenoxy) is 2. The predicted octanol–water partition coefficient (Wildman–Crippen LogP) is 2.13. The quantitative estimate of drug-likeness (QED) is 0.873. The summed E-state index contributed by atoms with van der Waals surface area (Å²) in [6.07, 6.45) is 4.58. The molecule has 0 bridgehead atoms. The Morgan fingerprint density at radius 1 is 1.04 bits per heavy atom. The number of piperidine rings is 1. The zero-order chi connectivity index (χ0) is 19.2. The van der Waals surface area contributed by atoms with Crippen LogP contribution in [0.5, 0.6) is 11.5 Å². The maximum absolute atomic E-state index is 13.0. The molecule has 2 amide bonds. The van der Waals surface area contributed by atoms with Crippen LogP contribution in [0.15, 0.2) is 42.7 Å². The van der Waals surface area contributed by atoms with Crippen molar-refractivity contribution in [1.29, 1.82) is 0 Å². The molecule has 0 spiro atoms. The Kier molecular flexibility index (Phi) is 5.90. The smallest absolute Gasteiger partial charge is 0.261 e. The molecule has 2 heterocycles. The Morgan fingerprint density at radius 3 is 2.19 bits per heavy atom. The SMILES string of the molecule is COc1cccc(OC)c1C(=O)N1CCC(NC(=O)c2ccncc2)CC1. The molecule has 0 aliphatic carbocycles. The molecule has 1 aliphatic heterocycles. The fourth-order valence-corrected chi connectivity index (χ4v) is 3.22. The van der Waals surface area contributed by atoms with Crippen molar-refractivity contribution in [2.75, 3.05) is 27.3 Å². The third kappa shape index (κ3) is 4.19. The lowest BCUT2D eigenvalue weighted by Gasteiger charge is -2.33. The van der Waals surface area contributed by atoms with Crippen molar-refractivity contribution in [2.24, 2.45) is 0 Å². The van der Waals surface area contributed by atoms with Crippen molar-refractivity contribution in [3.63, 3.8) is 0 Å². The van der Waals surface area contributed by atoms with Gasteiger partial charge in [0.1, 0.15) is 17.1 Å². The van der Waals surface area contributed by atoms with E-state index in [4.69, 9.17) is 9.47 Å². The summed E-state index contributed by atoms with van der Waals surface area (Å²) in [6, 6.07) is 8.68. The van der Waals surface area contributed by atoms with Crippen LogP contribution in [0, 0.1) is 0 Å². The van der Waals surface area contributed by atoms with E-state index in [-0.39, 0.29) is 17.9 Å². The molecule has 142 valence electrons. The summed E-state index contributed by atoms with van der Waals surface area (Å²) in [5.74, 6) is 0.747. The molecule has 3 rings (SSSR count). The van der Waals surface area contributed by atoms with E-state index in [0.717, 1.165) is 0 Å². The van der Waals surface area contributed by atoms with E-state index in [1.54, 1.807) is 47.6 Å². The number of hydrogen-bond acceptors (Lipinski definition) is 5. The summed E-state index contributed by atoms with van der Waals surface area (Å²) in [4.78, 5) is 30.9. The maximum atomic E-state index is 13.0. The van der Waals surface area contributed by atoms with E-state index >= 15 is 0 Å². The number of aromatic nitrogens is 1. The molecule has 7 nitrogen and oxygen atoms in total. The number of likely N-dealkylation sites (tertiary alicyclic amines) is 1. The Morgan fingerprint density at radius 2 is 1.63 bits per heavy atom. The number of hydrogen-bond donors (Lipinski definition) is 1. The van der Waals surface area contributed by atoms with Crippen molar-refractivity contribution in [3.05, 3.63) is 53.9 Å². The zero-order valence-electron chi connectivity index (χ0n) is 15.5. The van der Waals surface area contributed by atoms with Gasteiger partial charge in [-0.2, -0.15) is 0 Å². The van der Waals surface area contributed by atoms with Gasteiger partial charge < -0.3 is 19.7 Å². The van der Waals surface area contributed by atoms with Crippen LogP contribution in [0.2, 0.25) is 0 Å². The Labute approximate surface area is 158 Å². The van der Waals surface area contributed by atoms with E-state index in [1.165, 1.54) is 14.2 Å². The third-order valence-electron chi connectivity index (χ3n) is 4.70. The van der Waals surface area contributed by atoms with Gasteiger partial charge in [-0.3, -0.25) is 14.6 Å². The van der Waals surface area contributed by atoms with Crippen molar-refractivity contribution in [2.45, 2.75) is 18.9 Å². The number of pyridine rings is 1. The first kappa shape index (κ1) is 18.7. The lowest BCUT2D eigenvalue weighted by atomic mass is 10.0. The first-order valence-electron chi connectivity index (χ1n) is 8.85. The number of rotatable bonds is 5. The summed E-state index contributed by atoms with van der Waals surface area (Å²) in [6.45, 7) is 1.11. The number of nitrogens with one attached hydrogen (secondary N) is 1. The molecule has 0 atom stereocenters. The third-order valence-corrected chi connectivity index (χ3v) is 4.70. The van der Waals surface area contributed by atoms with Crippen LogP contribution in [0.1, 0.15) is 33.6 Å². The van der Waals surface area contributed by atoms with E-state index in [1.807, 2.05) is 0 Å². The molecule has 0 saturated carbocycles. The van der Waals surface area contributed by atoms with Crippen LogP contribution in [0.3, 0.4) is 0 Å². The van der Waals surface area contributed by atoms with Crippen molar-refractivity contribution >= 4 is 11.8 Å². The number of carbonyl (C=O) groups is 2. The number of carbonyl (C=O) groups excluding carboxylic acids is 2. The molecular weight excluding hydrogens is 346 g/mol. The van der Waals surface area contributed by atoms with Gasteiger partial charge in [0.2, 0.25) is 0 Å². The highest BCUT2D eigenvalue weighted by Crippen LogP contribution is 2.30. The normalized spacial score (nSPS) is 14.5. The Hall–Kier alpha value is -3.09. The molecule has 27 heavy (non-hydrogen) atoms. The fraction of sp³-hybridized carbons (Fsp3) is 0.350. The number of nitrogens with zero attached hydrogens (tertiary/aromatic N) is 2. The van der Waals surface area contributed by atoms with Crippen LogP contribution < -0.4 is 14.8 Å². The molecule has 1 N–H and O–H groups in total. The Bertz CT molecular complexity index is 780. The van der Waals surface area contributed by atoms with Crippen molar-refractivity contribution in [1.82, 2.24) is 15.2 Å². The van der Waals surface area contributed by atoms with Gasteiger partial charge in [0.15, 0.2) is 0 Å². The largest absolute Gasteiger partial charge is 0.496 e. The van der Waals surface area contributed by atoms with E-state index in [0.29, 0.717) is 48.6 Å². The monoisotopic (exact) mass is 369 g/mol. The minimum atomic E-state index is -0.122. The van der Waals surface area contributed by atoms with Gasteiger partial charge in [-0.05, 0) is 37.1 Å². The van der Waals surface area contributed by atoms with Crippen molar-refractivity contribution < 1.29 is 19.1 Å². The highest BCUT2D eigenvalue weighted by atomic mass is 16.5. The van der Waals surface area contributed by atoms with Crippen LogP contribution in [-0.4, -0.2) is 55.0 Å². The molecule has 0 unspecified atom stereocenters. The second-order valence-electron chi connectivity index (χ2n) is 6.31. The minimum Gasteiger partial charge on any atom is -0.496 e. The van der Waals surface area contributed by atoms with E-state index in [2.05, 4.69) is 10.3 Å². The number of methoxy groups -OCH3 is 2. The summed E-state index contributed by atoms with van der Waals surface area (Å²) >= 11 is 0. The standard InChI is InChI=1S/C20H23N3O4/c1-26-16-4-3-5-17(27-2)18(16)20(25)23-12-8-15(9-13-23)22-19(24)14-6-10-21-11-7-14/h3-7,10-11,15H,8-9,12-13H2,1-2H3,(H,22,24). The average molecular weight is 369 g/mol. The van der Waals surface area contributed by atoms with Crippen LogP contribution in [-0.2, 0) is 0 Å². The van der Waals surface area contributed by atoms with Crippen LogP contribution in [0.4, 0.5) is 0 Å². The zero-order valence-corrected chi connectivity index (χ0v) is 15.5. The minimum absolute atomic E-state index is 0.0364. The number of amides is 2. The van der Waals surface area contributed by atoms with Gasteiger partial charge in [-0.1, -0.05) is 6.07 Å². The molecule has 1 aliphatic rings. The van der Waals surface area contributed by atoms with Crippen LogP contribution >= 0.6 is 0 Å². The van der Waals surface area contributed by atoms with E-state index in [9.17, 15) is 9.59 Å². The fourth-order valence-electron chi connectivity index (χ4n) is 3.22. The van der Waals surface area contributed by atoms with E-state index < -0.39 is 0 Å². The predicted molar refractivity (Wildman–Crippen MR) is 100 cm³/mol. The van der Waals surface area contributed by atoms with Crippen molar-refractivity contribution in [3.8, 4) is 11.5 Å². The number of benzene rings is 1. The lowest BCUT2D eigenvalue weighted by Crippen LogP contribution is -2.46. The molecule has 1 aromatic carbocycles. The lowest BCUT2D eigenvalue weighted by molar-refractivity contribution is 0.0691. The average Bonchev–Trinajstić information content (AvgIpc) is 2.73. The second kappa shape index (κ2) is 8.53. The Balaban J connectivity index is 1.63. The molecule has 1 fully saturated rings. The van der Waals surface area contributed by atoms with Gasteiger partial charge in [0, 0.05) is 37.1 Å². The maximum Gasteiger partial charge on any atom is 0.261 e. The summed E-state index contributed by atoms with van der Waals surface area (Å²) in [7, 11) is 3.07. The highest BCUT2D eigenvalue weighted by Gasteiger charge is 2.28. The van der Waals surface area contributed by atoms with Gasteiger partial charge in [-0.25, -0.2) is 0 Å². The first-order chi connectivity index (χ1) is 13.1. The molecular formula is C20H23N3O4. The molecule has 1 aromatic heterocycles. The van der Waals surface area contributed by atoms with Gasteiger partial charge >= 0.3 is 0 Å². The molecule has 7 heteroatoms. The molecule has 0 radical (unpaired) electrons. The summed E-state index contributed by atoms with van der Waals surface area (Å²) in [5, 5.41) is 3.03. The topological polar surface area (TPSA) is 80.8 Å². The van der Waals surface area contributed by atoms with Gasteiger partial charge in [0.05, 0.1) is 14.2 Å². The second-order valence-corrected chi connectivity index (χ2v) is 6.31. The summed E-state index contributed by atoms with van der Waals surface area (Å²) < 4.78 is 10.7. The molecule has 2 aromatic rings. The summed E-state index contributed by atoms with van der Waals surface area (Å²) in [5.41, 5.74) is 1.02. The van der Waals surface area contributed by atoms with Crippen LogP contribution in [0.25, 0.3) is 0 Å². The molecule has 1 saturated heterocycles. The van der Waals surface area contributed by atoms with Gasteiger partial charge in [0.25, 0.3) is 11.8 Å².